The van der Waals surface area contributed by atoms with Crippen molar-refractivity contribution in [2.24, 2.45) is 11.5 Å². The van der Waals surface area contributed by atoms with Crippen LogP contribution < -0.4 is 11.5 Å². The molecule has 0 radical (unpaired) electrons. The molecule has 2 aliphatic rings. The molecule has 11 heteroatoms. The number of nitrogens with zero attached hydrogens (tertiary/aromatic N) is 2. The lowest BCUT2D eigenvalue weighted by Gasteiger charge is -2.40. The van der Waals surface area contributed by atoms with Gasteiger partial charge in [0, 0.05) is 26.2 Å². The van der Waals surface area contributed by atoms with E-state index in [4.69, 9.17) is 15.9 Å². The number of furan rings is 1. The molecule has 27 heavy (non-hydrogen) atoms. The number of halogens is 1. The van der Waals surface area contributed by atoms with Gasteiger partial charge in [-0.2, -0.15) is 4.31 Å². The van der Waals surface area contributed by atoms with Crippen molar-refractivity contribution in [1.29, 1.82) is 0 Å². The lowest BCUT2D eigenvalue weighted by atomic mass is 9.81. The van der Waals surface area contributed by atoms with E-state index in [0.717, 1.165) is 19.3 Å². The average molecular weight is 421 g/mol. The Hall–Kier alpha value is -1.62. The van der Waals surface area contributed by atoms with Crippen LogP contribution in [0.5, 0.6) is 0 Å². The second-order valence-electron chi connectivity index (χ2n) is 6.90. The largest absolute Gasteiger partial charge is 0.438 e. The van der Waals surface area contributed by atoms with Crippen molar-refractivity contribution in [3.8, 4) is 0 Å². The van der Waals surface area contributed by atoms with Crippen LogP contribution in [-0.2, 0) is 14.8 Å². The molecular formula is C16H25ClN4O5S. The molecule has 1 aromatic heterocycles. The summed E-state index contributed by atoms with van der Waals surface area (Å²) in [5, 5.41) is -0.325. The van der Waals surface area contributed by atoms with Crippen LogP contribution in [0.25, 0.3) is 0 Å². The van der Waals surface area contributed by atoms with Crippen molar-refractivity contribution in [1.82, 2.24) is 9.21 Å². The summed E-state index contributed by atoms with van der Waals surface area (Å²) in [5.74, 6) is -1.13. The third-order valence-electron chi connectivity index (χ3n) is 5.12. The zero-order valence-electron chi connectivity index (χ0n) is 14.9. The summed E-state index contributed by atoms with van der Waals surface area (Å²) in [6.07, 6.45) is 4.32. The predicted octanol–water partition coefficient (Wildman–Crippen LogP) is 0.295. The second-order valence-corrected chi connectivity index (χ2v) is 8.76. The first-order valence-corrected chi connectivity index (χ1v) is 10.2. The number of amides is 2. The first-order chi connectivity index (χ1) is 12.2. The number of hydrogen-bond donors (Lipinski definition) is 2. The van der Waals surface area contributed by atoms with E-state index in [-0.39, 0.29) is 55.3 Å². The zero-order valence-corrected chi connectivity index (χ0v) is 16.6. The van der Waals surface area contributed by atoms with Gasteiger partial charge < -0.3 is 20.8 Å². The second kappa shape index (κ2) is 8.17. The summed E-state index contributed by atoms with van der Waals surface area (Å²) in [4.78, 5) is 25.5. The Kier molecular flexibility index (Phi) is 6.56. The summed E-state index contributed by atoms with van der Waals surface area (Å²) in [5.41, 5.74) is 10.6. The van der Waals surface area contributed by atoms with Crippen LogP contribution in [0.1, 0.15) is 42.7 Å². The van der Waals surface area contributed by atoms with Gasteiger partial charge in [-0.1, -0.05) is 19.3 Å². The van der Waals surface area contributed by atoms with Gasteiger partial charge in [-0.3, -0.25) is 9.59 Å². The van der Waals surface area contributed by atoms with E-state index in [0.29, 0.717) is 12.8 Å². The van der Waals surface area contributed by atoms with Gasteiger partial charge in [0.1, 0.15) is 0 Å². The summed E-state index contributed by atoms with van der Waals surface area (Å²) in [6.45, 7) is 0.855. The van der Waals surface area contributed by atoms with E-state index in [1.165, 1.54) is 16.4 Å². The van der Waals surface area contributed by atoms with Crippen LogP contribution in [0.4, 0.5) is 0 Å². The first-order valence-electron chi connectivity index (χ1n) is 8.72. The SMILES string of the molecule is Cl.NC(=O)c1ccc(S(=O)(=O)N2CCN(C(=O)C3(N)CCCCC3)CC2)o1. The highest BCUT2D eigenvalue weighted by molar-refractivity contribution is 7.89. The molecule has 152 valence electrons. The standard InChI is InChI=1S/C16H24N4O5S.ClH/c17-14(21)12-4-5-13(25-12)26(23,24)20-10-8-19(9-11-20)15(22)16(18)6-2-1-3-7-16;/h4-5H,1-3,6-11,18H2,(H2,17,21);1H. The number of rotatable bonds is 4. The zero-order chi connectivity index (χ0) is 18.9. The Labute approximate surface area is 164 Å². The van der Waals surface area contributed by atoms with Crippen LogP contribution in [0.3, 0.4) is 0 Å². The smallest absolute Gasteiger partial charge is 0.284 e. The molecular weight excluding hydrogens is 396 g/mol. The number of hydrogen-bond acceptors (Lipinski definition) is 6. The fourth-order valence-electron chi connectivity index (χ4n) is 3.56. The third kappa shape index (κ3) is 4.29. The number of sulfonamides is 1. The molecule has 4 N–H and O–H groups in total. The van der Waals surface area contributed by atoms with Gasteiger partial charge in [-0.05, 0) is 25.0 Å². The summed E-state index contributed by atoms with van der Waals surface area (Å²) in [6, 6.07) is 2.44. The quantitative estimate of drug-likeness (QED) is 0.717. The van der Waals surface area contributed by atoms with Crippen LogP contribution >= 0.6 is 12.4 Å². The number of piperazine rings is 1. The molecule has 1 aliphatic carbocycles. The van der Waals surface area contributed by atoms with Crippen LogP contribution in [0, 0.1) is 0 Å². The first kappa shape index (κ1) is 21.7. The van der Waals surface area contributed by atoms with Crippen LogP contribution in [0.15, 0.2) is 21.6 Å². The Morgan fingerprint density at radius 3 is 2.15 bits per heavy atom. The Balaban J connectivity index is 0.00000261. The molecule has 1 aliphatic heterocycles. The average Bonchev–Trinajstić information content (AvgIpc) is 3.13. The third-order valence-corrected chi connectivity index (χ3v) is 6.89. The summed E-state index contributed by atoms with van der Waals surface area (Å²) < 4.78 is 31.5. The molecule has 1 saturated heterocycles. The lowest BCUT2D eigenvalue weighted by molar-refractivity contribution is -0.139. The number of carbonyl (C=O) groups is 2. The molecule has 2 fully saturated rings. The Morgan fingerprint density at radius 2 is 1.63 bits per heavy atom. The maximum absolute atomic E-state index is 12.7. The van der Waals surface area contributed by atoms with Gasteiger partial charge >= 0.3 is 0 Å². The Morgan fingerprint density at radius 1 is 1.04 bits per heavy atom. The topological polar surface area (TPSA) is 140 Å². The number of primary amides is 1. The minimum Gasteiger partial charge on any atom is -0.438 e. The maximum atomic E-state index is 12.7. The fourth-order valence-corrected chi connectivity index (χ4v) is 4.90. The molecule has 0 aromatic carbocycles. The molecule has 2 amide bonds. The molecule has 1 saturated carbocycles. The summed E-state index contributed by atoms with van der Waals surface area (Å²) >= 11 is 0. The molecule has 0 spiro atoms. The lowest BCUT2D eigenvalue weighted by Crippen LogP contribution is -2.60. The normalized spacial score (nSPS) is 20.7. The van der Waals surface area contributed by atoms with Crippen molar-refractivity contribution >= 4 is 34.2 Å². The van der Waals surface area contributed by atoms with Gasteiger partial charge in [0.05, 0.1) is 5.54 Å². The van der Waals surface area contributed by atoms with Gasteiger partial charge in [0.15, 0.2) is 5.76 Å². The molecule has 0 unspecified atom stereocenters. The van der Waals surface area contributed by atoms with E-state index in [9.17, 15) is 18.0 Å². The Bertz CT molecular complexity index is 795. The highest BCUT2D eigenvalue weighted by atomic mass is 35.5. The number of nitrogens with two attached hydrogens (primary N) is 2. The van der Waals surface area contributed by atoms with Gasteiger partial charge in [-0.15, -0.1) is 12.4 Å². The highest BCUT2D eigenvalue weighted by Gasteiger charge is 2.40. The van der Waals surface area contributed by atoms with Crippen molar-refractivity contribution in [2.45, 2.75) is 42.7 Å². The molecule has 3 rings (SSSR count). The molecule has 9 nitrogen and oxygen atoms in total. The van der Waals surface area contributed by atoms with Crippen molar-refractivity contribution in [2.75, 3.05) is 26.2 Å². The minimum absolute atomic E-state index is 0. The van der Waals surface area contributed by atoms with Crippen LogP contribution in [-0.4, -0.2) is 61.2 Å². The van der Waals surface area contributed by atoms with E-state index in [2.05, 4.69) is 0 Å². The molecule has 0 atom stereocenters. The van der Waals surface area contributed by atoms with Crippen molar-refractivity contribution in [3.63, 3.8) is 0 Å². The van der Waals surface area contributed by atoms with Crippen molar-refractivity contribution < 1.29 is 22.4 Å². The van der Waals surface area contributed by atoms with E-state index in [1.807, 2.05) is 0 Å². The maximum Gasteiger partial charge on any atom is 0.284 e. The molecule has 2 heterocycles. The van der Waals surface area contributed by atoms with Crippen LogP contribution in [0.2, 0.25) is 0 Å². The fraction of sp³-hybridized carbons (Fsp3) is 0.625. The number of carbonyl (C=O) groups excluding carboxylic acids is 2. The van der Waals surface area contributed by atoms with Gasteiger partial charge in [0.2, 0.25) is 11.0 Å². The minimum atomic E-state index is -3.87. The monoisotopic (exact) mass is 420 g/mol. The molecule has 0 bridgehead atoms. The summed E-state index contributed by atoms with van der Waals surface area (Å²) in [7, 11) is -3.87. The van der Waals surface area contributed by atoms with E-state index < -0.39 is 21.5 Å². The van der Waals surface area contributed by atoms with Gasteiger partial charge in [0.25, 0.3) is 15.9 Å². The van der Waals surface area contributed by atoms with Gasteiger partial charge in [-0.25, -0.2) is 8.42 Å². The van der Waals surface area contributed by atoms with E-state index >= 15 is 0 Å². The predicted molar refractivity (Wildman–Crippen MR) is 99.8 cm³/mol. The van der Waals surface area contributed by atoms with E-state index in [1.54, 1.807) is 4.90 Å². The highest BCUT2D eigenvalue weighted by Crippen LogP contribution is 2.28. The molecule has 1 aromatic rings. The van der Waals surface area contributed by atoms with Crippen molar-refractivity contribution in [3.05, 3.63) is 17.9 Å².